The topological polar surface area (TPSA) is 49.9 Å². The lowest BCUT2D eigenvalue weighted by Crippen LogP contribution is -2.53. The Morgan fingerprint density at radius 1 is 1.05 bits per heavy atom. The molecular formula is C12H21ClN2O3S. The molecule has 19 heavy (non-hydrogen) atoms. The van der Waals surface area contributed by atoms with Gasteiger partial charge in [0.05, 0.1) is 12.2 Å². The molecule has 0 aromatic rings. The SMILES string of the molecule is O=S(=O)(N1CCCC(CCl)C1)N1CC2CCC(C1)O2. The average Bonchev–Trinajstić information content (AvgIpc) is 2.77. The number of fused-ring (bicyclic) bond motifs is 2. The highest BCUT2D eigenvalue weighted by molar-refractivity contribution is 7.86. The number of nitrogens with zero attached hydrogens (tertiary/aromatic N) is 2. The monoisotopic (exact) mass is 308 g/mol. The van der Waals surface area contributed by atoms with Crippen molar-refractivity contribution in [3.05, 3.63) is 0 Å². The molecule has 5 nitrogen and oxygen atoms in total. The van der Waals surface area contributed by atoms with Crippen molar-refractivity contribution in [2.24, 2.45) is 5.92 Å². The molecule has 0 saturated carbocycles. The van der Waals surface area contributed by atoms with Crippen LogP contribution in [-0.4, -0.2) is 61.3 Å². The fourth-order valence-electron chi connectivity index (χ4n) is 3.29. The van der Waals surface area contributed by atoms with E-state index in [0.29, 0.717) is 38.0 Å². The van der Waals surface area contributed by atoms with E-state index in [-0.39, 0.29) is 12.2 Å². The highest BCUT2D eigenvalue weighted by Gasteiger charge is 2.41. The summed E-state index contributed by atoms with van der Waals surface area (Å²) in [5.74, 6) is 0.836. The summed E-state index contributed by atoms with van der Waals surface area (Å²) in [7, 11) is -3.33. The summed E-state index contributed by atoms with van der Waals surface area (Å²) < 4.78 is 34.3. The smallest absolute Gasteiger partial charge is 0.282 e. The Kier molecular flexibility index (Phi) is 4.06. The number of alkyl halides is 1. The molecule has 0 spiro atoms. The number of piperidine rings is 1. The Bertz CT molecular complexity index is 419. The van der Waals surface area contributed by atoms with Crippen LogP contribution in [0.5, 0.6) is 0 Å². The third-order valence-corrected chi connectivity index (χ3v) is 6.73. The van der Waals surface area contributed by atoms with Gasteiger partial charge in [0.25, 0.3) is 10.2 Å². The molecular weight excluding hydrogens is 288 g/mol. The third-order valence-electron chi connectivity index (χ3n) is 4.36. The highest BCUT2D eigenvalue weighted by atomic mass is 35.5. The second kappa shape index (κ2) is 5.48. The molecule has 3 unspecified atom stereocenters. The predicted octanol–water partition coefficient (Wildman–Crippen LogP) is 1.05. The van der Waals surface area contributed by atoms with E-state index in [2.05, 4.69) is 0 Å². The van der Waals surface area contributed by atoms with Crippen molar-refractivity contribution >= 4 is 21.8 Å². The minimum atomic E-state index is -3.33. The van der Waals surface area contributed by atoms with Gasteiger partial charge in [-0.05, 0) is 31.6 Å². The van der Waals surface area contributed by atoms with Crippen LogP contribution in [0.2, 0.25) is 0 Å². The zero-order chi connectivity index (χ0) is 13.5. The summed E-state index contributed by atoms with van der Waals surface area (Å²) >= 11 is 5.88. The van der Waals surface area contributed by atoms with Gasteiger partial charge in [-0.2, -0.15) is 17.0 Å². The van der Waals surface area contributed by atoms with Gasteiger partial charge in [0.2, 0.25) is 0 Å². The van der Waals surface area contributed by atoms with Crippen LogP contribution in [0.15, 0.2) is 0 Å². The van der Waals surface area contributed by atoms with Crippen LogP contribution < -0.4 is 0 Å². The molecule has 0 amide bonds. The van der Waals surface area contributed by atoms with Gasteiger partial charge in [0.15, 0.2) is 0 Å². The summed E-state index contributed by atoms with van der Waals surface area (Å²) in [4.78, 5) is 0. The molecule has 0 radical (unpaired) electrons. The normalized spacial score (nSPS) is 37.6. The molecule has 3 fully saturated rings. The fourth-order valence-corrected chi connectivity index (χ4v) is 5.34. The largest absolute Gasteiger partial charge is 0.372 e. The number of hydrogen-bond acceptors (Lipinski definition) is 3. The maximum atomic E-state index is 12.7. The lowest BCUT2D eigenvalue weighted by atomic mass is 10.0. The second-order valence-corrected chi connectivity index (χ2v) is 8.04. The van der Waals surface area contributed by atoms with Gasteiger partial charge < -0.3 is 4.74 Å². The molecule has 0 aromatic heterocycles. The number of morpholine rings is 1. The molecule has 110 valence electrons. The zero-order valence-corrected chi connectivity index (χ0v) is 12.6. The van der Waals surface area contributed by atoms with Crippen molar-refractivity contribution in [2.75, 3.05) is 32.1 Å². The Labute approximate surface area is 120 Å². The van der Waals surface area contributed by atoms with Crippen LogP contribution in [-0.2, 0) is 14.9 Å². The number of ether oxygens (including phenoxy) is 1. The standard InChI is InChI=1S/C12H21ClN2O3S/c13-6-10-2-1-5-14(7-10)19(16,17)15-8-11-3-4-12(9-15)18-11/h10-12H,1-9H2. The van der Waals surface area contributed by atoms with Crippen molar-refractivity contribution in [2.45, 2.75) is 37.9 Å². The van der Waals surface area contributed by atoms with Gasteiger partial charge in [-0.15, -0.1) is 11.6 Å². The molecule has 3 rings (SSSR count). The van der Waals surface area contributed by atoms with Gasteiger partial charge >= 0.3 is 0 Å². The minimum absolute atomic E-state index is 0.0992. The first kappa shape index (κ1) is 14.1. The van der Waals surface area contributed by atoms with Crippen LogP contribution in [0, 0.1) is 5.92 Å². The van der Waals surface area contributed by atoms with Gasteiger partial charge in [-0.25, -0.2) is 0 Å². The van der Waals surface area contributed by atoms with Gasteiger partial charge in [0, 0.05) is 32.1 Å². The minimum Gasteiger partial charge on any atom is -0.372 e. The molecule has 3 aliphatic heterocycles. The van der Waals surface area contributed by atoms with Crippen molar-refractivity contribution in [1.82, 2.24) is 8.61 Å². The molecule has 0 aliphatic carbocycles. The Morgan fingerprint density at radius 2 is 1.74 bits per heavy atom. The van der Waals surface area contributed by atoms with E-state index < -0.39 is 10.2 Å². The first-order valence-corrected chi connectivity index (χ1v) is 8.99. The first-order chi connectivity index (χ1) is 9.09. The molecule has 0 N–H and O–H groups in total. The number of halogens is 1. The average molecular weight is 309 g/mol. The maximum absolute atomic E-state index is 12.7. The lowest BCUT2D eigenvalue weighted by Gasteiger charge is -2.38. The Morgan fingerprint density at radius 3 is 2.37 bits per heavy atom. The van der Waals surface area contributed by atoms with Crippen LogP contribution in [0.3, 0.4) is 0 Å². The molecule has 0 aromatic carbocycles. The second-order valence-electron chi connectivity index (χ2n) is 5.80. The maximum Gasteiger partial charge on any atom is 0.282 e. The summed E-state index contributed by atoms with van der Waals surface area (Å²) in [6.45, 7) is 2.22. The van der Waals surface area contributed by atoms with E-state index in [1.165, 1.54) is 0 Å². The van der Waals surface area contributed by atoms with Crippen molar-refractivity contribution < 1.29 is 13.2 Å². The predicted molar refractivity (Wildman–Crippen MR) is 73.4 cm³/mol. The number of rotatable bonds is 3. The summed E-state index contributed by atoms with van der Waals surface area (Å²) in [6, 6.07) is 0. The first-order valence-electron chi connectivity index (χ1n) is 7.06. The van der Waals surface area contributed by atoms with E-state index in [0.717, 1.165) is 25.7 Å². The van der Waals surface area contributed by atoms with E-state index >= 15 is 0 Å². The Balaban J connectivity index is 1.71. The van der Waals surface area contributed by atoms with E-state index in [1.54, 1.807) is 8.61 Å². The van der Waals surface area contributed by atoms with Crippen molar-refractivity contribution in [3.8, 4) is 0 Å². The van der Waals surface area contributed by atoms with Gasteiger partial charge in [-0.3, -0.25) is 0 Å². The quantitative estimate of drug-likeness (QED) is 0.732. The molecule has 3 saturated heterocycles. The van der Waals surface area contributed by atoms with Crippen LogP contribution in [0.1, 0.15) is 25.7 Å². The third kappa shape index (κ3) is 2.78. The van der Waals surface area contributed by atoms with Crippen LogP contribution in [0.4, 0.5) is 0 Å². The van der Waals surface area contributed by atoms with Gasteiger partial charge in [0.1, 0.15) is 0 Å². The van der Waals surface area contributed by atoms with Crippen molar-refractivity contribution in [3.63, 3.8) is 0 Å². The Hall–Kier alpha value is 0.120. The van der Waals surface area contributed by atoms with Crippen molar-refractivity contribution in [1.29, 1.82) is 0 Å². The van der Waals surface area contributed by atoms with Crippen LogP contribution in [0.25, 0.3) is 0 Å². The molecule has 2 bridgehead atoms. The summed E-state index contributed by atoms with van der Waals surface area (Å²) in [6.07, 6.45) is 4.11. The lowest BCUT2D eigenvalue weighted by molar-refractivity contribution is -0.0134. The number of hydrogen-bond donors (Lipinski definition) is 0. The fraction of sp³-hybridized carbons (Fsp3) is 1.00. The molecule has 7 heteroatoms. The van der Waals surface area contributed by atoms with E-state index in [9.17, 15) is 8.42 Å². The highest BCUT2D eigenvalue weighted by Crippen LogP contribution is 2.30. The molecule has 3 aliphatic rings. The molecule has 3 atom stereocenters. The summed E-state index contributed by atoms with van der Waals surface area (Å²) in [5, 5.41) is 0. The van der Waals surface area contributed by atoms with E-state index in [1.807, 2.05) is 0 Å². The van der Waals surface area contributed by atoms with Gasteiger partial charge in [-0.1, -0.05) is 0 Å². The molecule has 3 heterocycles. The van der Waals surface area contributed by atoms with Crippen LogP contribution >= 0.6 is 11.6 Å². The zero-order valence-electron chi connectivity index (χ0n) is 11.0. The summed E-state index contributed by atoms with van der Waals surface area (Å²) in [5.41, 5.74) is 0. The van der Waals surface area contributed by atoms with E-state index in [4.69, 9.17) is 16.3 Å².